The first-order chi connectivity index (χ1) is 19.8. The van der Waals surface area contributed by atoms with Gasteiger partial charge < -0.3 is 29.9 Å². The Balaban J connectivity index is 0.000000467. The molecule has 4 rings (SSSR count). The van der Waals surface area contributed by atoms with Gasteiger partial charge in [0.15, 0.2) is 6.10 Å². The zero-order valence-corrected chi connectivity index (χ0v) is 23.1. The van der Waals surface area contributed by atoms with Crippen molar-refractivity contribution in [3.63, 3.8) is 0 Å². The van der Waals surface area contributed by atoms with Crippen LogP contribution in [-0.2, 0) is 15.8 Å². The molecule has 3 aromatic rings. The van der Waals surface area contributed by atoms with Crippen molar-refractivity contribution in [2.24, 2.45) is 0 Å². The average molecular weight is 615 g/mol. The maximum atomic E-state index is 13.4. The lowest BCUT2D eigenvalue weighted by molar-refractivity contribution is -0.152. The third-order valence-corrected chi connectivity index (χ3v) is 6.63. The third-order valence-electron chi connectivity index (χ3n) is 6.32. The summed E-state index contributed by atoms with van der Waals surface area (Å²) in [5.74, 6) is -2.39. The molecule has 1 aromatic carbocycles. The Morgan fingerprint density at radius 3 is 2.36 bits per heavy atom. The van der Waals surface area contributed by atoms with Gasteiger partial charge in [-0.1, -0.05) is 17.7 Å². The summed E-state index contributed by atoms with van der Waals surface area (Å²) < 4.78 is 46.0. The van der Waals surface area contributed by atoms with E-state index >= 15 is 0 Å². The number of aliphatic hydroxyl groups excluding tert-OH is 1. The molecule has 0 amide bonds. The van der Waals surface area contributed by atoms with Crippen LogP contribution in [0.3, 0.4) is 0 Å². The van der Waals surface area contributed by atoms with E-state index < -0.39 is 36.2 Å². The summed E-state index contributed by atoms with van der Waals surface area (Å²) in [6.45, 7) is 3.73. The second kappa shape index (κ2) is 14.8. The lowest BCUT2D eigenvalue weighted by Gasteiger charge is -2.37. The van der Waals surface area contributed by atoms with Crippen molar-refractivity contribution < 1.29 is 42.8 Å². The molecule has 0 radical (unpaired) electrons. The Morgan fingerprint density at radius 2 is 1.74 bits per heavy atom. The summed E-state index contributed by atoms with van der Waals surface area (Å²) >= 11 is 5.85. The number of fused-ring (bicyclic) bond motifs is 1. The fourth-order valence-corrected chi connectivity index (χ4v) is 4.50. The molecular weight excluding hydrogens is 585 g/mol. The molecule has 0 bridgehead atoms. The van der Waals surface area contributed by atoms with E-state index in [1.807, 2.05) is 6.07 Å². The number of aliphatic hydroxyl groups is 1. The minimum atomic E-state index is -4.49. The molecule has 1 aliphatic rings. The minimum Gasteiger partial charge on any atom is -0.481 e. The fourth-order valence-electron chi connectivity index (χ4n) is 4.23. The quantitative estimate of drug-likeness (QED) is 0.249. The number of halogens is 4. The molecule has 1 aliphatic heterocycles. The Kier molecular flexibility index (Phi) is 11.5. The van der Waals surface area contributed by atoms with Crippen LogP contribution in [0.15, 0.2) is 47.3 Å². The summed E-state index contributed by atoms with van der Waals surface area (Å²) in [5.41, 5.74) is -0.334. The van der Waals surface area contributed by atoms with Crippen LogP contribution in [0.4, 0.5) is 18.9 Å². The van der Waals surface area contributed by atoms with Crippen molar-refractivity contribution in [2.75, 3.05) is 44.2 Å². The molecule has 2 aromatic heterocycles. The van der Waals surface area contributed by atoms with E-state index in [1.54, 1.807) is 23.1 Å². The van der Waals surface area contributed by atoms with Gasteiger partial charge in [-0.15, -0.1) is 0 Å². The number of nitrogens with zero attached hydrogens (tertiary/aromatic N) is 3. The Bertz CT molecular complexity index is 1430. The number of hydrogen-bond donors (Lipinski definition) is 4. The maximum Gasteiger partial charge on any atom is 0.419 e. The first-order valence-electron chi connectivity index (χ1n) is 12.9. The summed E-state index contributed by atoms with van der Waals surface area (Å²) in [7, 11) is 0. The number of unbranched alkanes of at least 4 members (excludes halogenated alkanes) is 1. The van der Waals surface area contributed by atoms with Crippen molar-refractivity contribution in [2.45, 2.75) is 31.5 Å². The molecule has 1 atom stereocenters. The SMILES string of the molecule is O=C(O)CC(O)C(=O)O.O=c1ccc2ccc(OCCCCN3CCN(c4cccc(Cl)c4C(F)(F)F)CC3)nc2[nH]1. The number of ether oxygens (including phenoxy) is 1. The largest absolute Gasteiger partial charge is 0.481 e. The normalized spacial score (nSPS) is 14.6. The van der Waals surface area contributed by atoms with E-state index in [9.17, 15) is 27.6 Å². The molecule has 0 spiro atoms. The van der Waals surface area contributed by atoms with Gasteiger partial charge in [-0.05, 0) is 43.7 Å². The predicted molar refractivity (Wildman–Crippen MR) is 148 cm³/mol. The molecule has 1 saturated heterocycles. The molecule has 11 nitrogen and oxygen atoms in total. The van der Waals surface area contributed by atoms with Crippen LogP contribution in [0, 0.1) is 0 Å². The van der Waals surface area contributed by atoms with Crippen LogP contribution < -0.4 is 15.2 Å². The molecule has 15 heteroatoms. The van der Waals surface area contributed by atoms with Crippen LogP contribution in [0.2, 0.25) is 5.02 Å². The van der Waals surface area contributed by atoms with Gasteiger partial charge in [0.1, 0.15) is 5.65 Å². The Labute approximate surface area is 243 Å². The van der Waals surface area contributed by atoms with Gasteiger partial charge in [-0.2, -0.15) is 18.2 Å². The number of H-pyrrole nitrogens is 1. The van der Waals surface area contributed by atoms with Crippen LogP contribution >= 0.6 is 11.6 Å². The number of pyridine rings is 2. The fraction of sp³-hybridized carbons (Fsp3) is 0.407. The number of aliphatic carboxylic acids is 2. The van der Waals surface area contributed by atoms with E-state index in [0.29, 0.717) is 44.3 Å². The van der Waals surface area contributed by atoms with Gasteiger partial charge in [-0.25, -0.2) is 4.79 Å². The number of carboxylic acids is 2. The highest BCUT2D eigenvalue weighted by atomic mass is 35.5. The molecule has 228 valence electrons. The van der Waals surface area contributed by atoms with E-state index in [0.717, 1.165) is 24.8 Å². The van der Waals surface area contributed by atoms with Gasteiger partial charge in [0, 0.05) is 43.7 Å². The molecule has 0 aliphatic carbocycles. The van der Waals surface area contributed by atoms with Crippen molar-refractivity contribution in [1.82, 2.24) is 14.9 Å². The number of aromatic amines is 1. The van der Waals surface area contributed by atoms with Gasteiger partial charge >= 0.3 is 18.1 Å². The second-order valence-electron chi connectivity index (χ2n) is 9.38. The first-order valence-corrected chi connectivity index (χ1v) is 13.3. The molecule has 4 N–H and O–H groups in total. The number of alkyl halides is 3. The van der Waals surface area contributed by atoms with Gasteiger partial charge in [0.25, 0.3) is 0 Å². The summed E-state index contributed by atoms with van der Waals surface area (Å²) in [6.07, 6.45) is -5.31. The van der Waals surface area contributed by atoms with Crippen molar-refractivity contribution >= 4 is 40.3 Å². The number of hydrogen-bond acceptors (Lipinski definition) is 8. The van der Waals surface area contributed by atoms with Gasteiger partial charge in [-0.3, -0.25) is 14.5 Å². The Morgan fingerprint density at radius 1 is 1.05 bits per heavy atom. The number of rotatable bonds is 10. The summed E-state index contributed by atoms with van der Waals surface area (Å²) in [5, 5.41) is 24.7. The van der Waals surface area contributed by atoms with Crippen LogP contribution in [0.1, 0.15) is 24.8 Å². The van der Waals surface area contributed by atoms with Gasteiger partial charge in [0.2, 0.25) is 11.4 Å². The van der Waals surface area contributed by atoms with Crippen LogP contribution in [0.25, 0.3) is 11.0 Å². The lowest BCUT2D eigenvalue weighted by atomic mass is 10.1. The van der Waals surface area contributed by atoms with E-state index in [-0.39, 0.29) is 16.3 Å². The zero-order chi connectivity index (χ0) is 30.9. The maximum absolute atomic E-state index is 13.4. The number of nitrogens with one attached hydrogen (secondary N) is 1. The highest BCUT2D eigenvalue weighted by molar-refractivity contribution is 6.31. The number of carbonyl (C=O) groups is 2. The minimum absolute atomic E-state index is 0.146. The number of anilines is 1. The van der Waals surface area contributed by atoms with Crippen LogP contribution in [0.5, 0.6) is 5.88 Å². The van der Waals surface area contributed by atoms with E-state index in [4.69, 9.17) is 31.7 Å². The molecule has 1 unspecified atom stereocenters. The second-order valence-corrected chi connectivity index (χ2v) is 9.78. The van der Waals surface area contributed by atoms with Gasteiger partial charge in [0.05, 0.1) is 29.3 Å². The highest BCUT2D eigenvalue weighted by Gasteiger charge is 2.37. The number of aromatic nitrogens is 2. The standard InChI is InChI=1S/C23H24ClF3N4O2.C4H6O5/c24-17-4-3-5-18(21(17)23(25,26)27)31-13-11-30(12-14-31)10-1-2-15-33-20-9-7-16-6-8-19(32)28-22(16)29-20;5-2(4(8)9)1-3(6)7/h3-9H,1-2,10-15H2,(H,28,29,32);2,5H,1H2,(H,6,7)(H,8,9). The predicted octanol–water partition coefficient (Wildman–Crippen LogP) is 3.48. The average Bonchev–Trinajstić information content (AvgIpc) is 2.92. The zero-order valence-electron chi connectivity index (χ0n) is 22.3. The first kappa shape index (κ1) is 32.6. The van der Waals surface area contributed by atoms with Crippen molar-refractivity contribution in [3.8, 4) is 5.88 Å². The number of benzene rings is 1. The van der Waals surface area contributed by atoms with Crippen LogP contribution in [-0.4, -0.2) is 87.6 Å². The molecule has 3 heterocycles. The monoisotopic (exact) mass is 614 g/mol. The summed E-state index contributed by atoms with van der Waals surface area (Å²) in [4.78, 5) is 41.8. The van der Waals surface area contributed by atoms with E-state index in [1.165, 1.54) is 18.2 Å². The molecular formula is C27H30ClF3N4O7. The third kappa shape index (κ3) is 9.60. The summed E-state index contributed by atoms with van der Waals surface area (Å²) in [6, 6.07) is 11.1. The Hall–Kier alpha value is -3.88. The highest BCUT2D eigenvalue weighted by Crippen LogP contribution is 2.41. The number of carboxylic acid groups (broad SMARTS) is 2. The topological polar surface area (TPSA) is 156 Å². The lowest BCUT2D eigenvalue weighted by Crippen LogP contribution is -2.47. The number of piperazine rings is 1. The van der Waals surface area contributed by atoms with Crippen molar-refractivity contribution in [1.29, 1.82) is 0 Å². The molecule has 42 heavy (non-hydrogen) atoms. The smallest absolute Gasteiger partial charge is 0.419 e. The molecule has 0 saturated carbocycles. The molecule has 1 fully saturated rings. The van der Waals surface area contributed by atoms with E-state index in [2.05, 4.69) is 14.9 Å². The van der Waals surface area contributed by atoms with Crippen molar-refractivity contribution in [3.05, 3.63) is 63.4 Å².